The highest BCUT2D eigenvalue weighted by atomic mass is 32.2. The predicted octanol–water partition coefficient (Wildman–Crippen LogP) is 3.64. The third kappa shape index (κ3) is 4.38. The summed E-state index contributed by atoms with van der Waals surface area (Å²) >= 11 is 1.28. The molecule has 158 valence electrons. The van der Waals surface area contributed by atoms with Gasteiger partial charge >= 0.3 is 0 Å². The number of fused-ring (bicyclic) bond motifs is 1. The van der Waals surface area contributed by atoms with Crippen LogP contribution in [0.3, 0.4) is 0 Å². The molecule has 1 aliphatic heterocycles. The molecule has 0 spiro atoms. The number of hydrogen-bond acceptors (Lipinski definition) is 5. The van der Waals surface area contributed by atoms with Crippen LogP contribution in [0.4, 0.5) is 9.52 Å². The molecule has 1 saturated heterocycles. The second kappa shape index (κ2) is 8.41. The fourth-order valence-corrected chi connectivity index (χ4v) is 5.54. The van der Waals surface area contributed by atoms with Crippen LogP contribution in [-0.4, -0.2) is 43.0 Å². The van der Waals surface area contributed by atoms with Crippen LogP contribution in [-0.2, 0) is 21.4 Å². The van der Waals surface area contributed by atoms with Crippen LogP contribution in [0.15, 0.2) is 48.5 Å². The maximum Gasteiger partial charge on any atom is 0.232 e. The second-order valence-corrected chi connectivity index (χ2v) is 10.4. The Balaban J connectivity index is 1.63. The van der Waals surface area contributed by atoms with Gasteiger partial charge in [0.25, 0.3) is 0 Å². The highest BCUT2D eigenvalue weighted by Crippen LogP contribution is 2.33. The van der Waals surface area contributed by atoms with Gasteiger partial charge in [0.2, 0.25) is 15.9 Å². The number of halogens is 1. The monoisotopic (exact) mass is 447 g/mol. The summed E-state index contributed by atoms with van der Waals surface area (Å²) in [5, 5.41) is 0.453. The van der Waals surface area contributed by atoms with Crippen LogP contribution in [0.25, 0.3) is 10.2 Å². The Bertz CT molecular complexity index is 1160. The van der Waals surface area contributed by atoms with E-state index in [9.17, 15) is 17.6 Å². The minimum absolute atomic E-state index is 0.105. The Morgan fingerprint density at radius 3 is 2.50 bits per heavy atom. The Hall–Kier alpha value is -2.36. The number of anilines is 1. The number of sulfonamides is 1. The number of benzene rings is 2. The van der Waals surface area contributed by atoms with E-state index in [1.54, 1.807) is 17.0 Å². The number of para-hydroxylation sites is 1. The van der Waals surface area contributed by atoms with E-state index >= 15 is 0 Å². The number of nitrogens with zero attached hydrogens (tertiary/aromatic N) is 3. The SMILES string of the molecule is CS(=O)(=O)N1CCC(C(=O)N(Cc2ccccc2)c2nc3c(F)cccc3s2)CC1. The lowest BCUT2D eigenvalue weighted by molar-refractivity contribution is -0.123. The number of carbonyl (C=O) groups is 1. The number of rotatable bonds is 5. The standard InChI is InChI=1S/C21H22FN3O3S2/c1-30(27,28)24-12-10-16(11-13-24)20(26)25(14-15-6-3-2-4-7-15)21-23-19-17(22)8-5-9-18(19)29-21/h2-9,16H,10-14H2,1H3. The van der Waals surface area contributed by atoms with Crippen molar-refractivity contribution in [2.75, 3.05) is 24.2 Å². The summed E-state index contributed by atoms with van der Waals surface area (Å²) < 4.78 is 39.8. The van der Waals surface area contributed by atoms with E-state index in [2.05, 4.69) is 4.98 Å². The number of thiazole rings is 1. The molecule has 1 fully saturated rings. The highest BCUT2D eigenvalue weighted by Gasteiger charge is 2.33. The molecule has 6 nitrogen and oxygen atoms in total. The fraction of sp³-hybridized carbons (Fsp3) is 0.333. The number of aromatic nitrogens is 1. The molecule has 0 unspecified atom stereocenters. The Morgan fingerprint density at radius 1 is 1.17 bits per heavy atom. The smallest absolute Gasteiger partial charge is 0.232 e. The molecule has 9 heteroatoms. The third-order valence-corrected chi connectivity index (χ3v) is 7.66. The van der Waals surface area contributed by atoms with Crippen molar-refractivity contribution >= 4 is 42.6 Å². The molecule has 0 aliphatic carbocycles. The summed E-state index contributed by atoms with van der Waals surface area (Å²) in [6.07, 6.45) is 2.10. The highest BCUT2D eigenvalue weighted by molar-refractivity contribution is 7.88. The Labute approximate surface area is 179 Å². The molecule has 1 aromatic heterocycles. The average Bonchev–Trinajstić information content (AvgIpc) is 3.17. The minimum atomic E-state index is -3.26. The normalized spacial score (nSPS) is 16.1. The topological polar surface area (TPSA) is 70.6 Å². The van der Waals surface area contributed by atoms with Crippen molar-refractivity contribution in [3.8, 4) is 0 Å². The van der Waals surface area contributed by atoms with E-state index in [4.69, 9.17) is 0 Å². The average molecular weight is 448 g/mol. The Morgan fingerprint density at radius 2 is 1.87 bits per heavy atom. The molecule has 1 aliphatic rings. The molecule has 30 heavy (non-hydrogen) atoms. The van der Waals surface area contributed by atoms with Crippen LogP contribution in [0, 0.1) is 11.7 Å². The second-order valence-electron chi connectivity index (χ2n) is 7.43. The van der Waals surface area contributed by atoms with Crippen LogP contribution in [0.2, 0.25) is 0 Å². The first-order chi connectivity index (χ1) is 14.3. The quantitative estimate of drug-likeness (QED) is 0.599. The van der Waals surface area contributed by atoms with Gasteiger partial charge in [0.05, 0.1) is 17.5 Å². The number of carbonyl (C=O) groups excluding carboxylic acids is 1. The lowest BCUT2D eigenvalue weighted by Gasteiger charge is -2.32. The molecule has 1 amide bonds. The summed E-state index contributed by atoms with van der Waals surface area (Å²) in [6, 6.07) is 14.3. The van der Waals surface area contributed by atoms with Gasteiger partial charge in [-0.05, 0) is 30.5 Å². The predicted molar refractivity (Wildman–Crippen MR) is 116 cm³/mol. The van der Waals surface area contributed by atoms with E-state index in [-0.39, 0.29) is 17.3 Å². The first-order valence-corrected chi connectivity index (χ1v) is 12.3. The van der Waals surface area contributed by atoms with E-state index in [0.29, 0.717) is 42.3 Å². The zero-order valence-electron chi connectivity index (χ0n) is 16.5. The van der Waals surface area contributed by atoms with Gasteiger partial charge in [0, 0.05) is 19.0 Å². The molecule has 2 aromatic carbocycles. The van der Waals surface area contributed by atoms with Gasteiger partial charge < -0.3 is 0 Å². The van der Waals surface area contributed by atoms with E-state index < -0.39 is 15.8 Å². The number of hydrogen-bond donors (Lipinski definition) is 0. The maximum atomic E-state index is 14.2. The summed E-state index contributed by atoms with van der Waals surface area (Å²) in [6.45, 7) is 0.971. The number of amides is 1. The van der Waals surface area contributed by atoms with Gasteiger partial charge in [-0.25, -0.2) is 22.1 Å². The Kier molecular flexibility index (Phi) is 5.86. The van der Waals surface area contributed by atoms with Crippen molar-refractivity contribution in [2.45, 2.75) is 19.4 Å². The van der Waals surface area contributed by atoms with Gasteiger partial charge in [-0.2, -0.15) is 0 Å². The number of piperidine rings is 1. The van der Waals surface area contributed by atoms with Crippen molar-refractivity contribution < 1.29 is 17.6 Å². The zero-order chi connectivity index (χ0) is 21.3. The lowest BCUT2D eigenvalue weighted by Crippen LogP contribution is -2.44. The van der Waals surface area contributed by atoms with Crippen LogP contribution in [0.5, 0.6) is 0 Å². The maximum absolute atomic E-state index is 14.2. The molecular formula is C21H22FN3O3S2. The molecule has 0 radical (unpaired) electrons. The molecule has 0 bridgehead atoms. The van der Waals surface area contributed by atoms with Crippen molar-refractivity contribution in [3.05, 3.63) is 59.9 Å². The molecule has 3 aromatic rings. The van der Waals surface area contributed by atoms with E-state index in [1.807, 2.05) is 30.3 Å². The summed E-state index contributed by atoms with van der Waals surface area (Å²) in [5.41, 5.74) is 1.20. The largest absolute Gasteiger partial charge is 0.283 e. The van der Waals surface area contributed by atoms with E-state index in [0.717, 1.165) is 5.56 Å². The van der Waals surface area contributed by atoms with Gasteiger partial charge in [-0.3, -0.25) is 9.69 Å². The first-order valence-electron chi connectivity index (χ1n) is 9.68. The molecule has 2 heterocycles. The summed E-state index contributed by atoms with van der Waals surface area (Å²) in [4.78, 5) is 19.5. The van der Waals surface area contributed by atoms with Gasteiger partial charge in [-0.15, -0.1) is 0 Å². The molecule has 4 rings (SSSR count). The van der Waals surface area contributed by atoms with Crippen LogP contribution < -0.4 is 4.90 Å². The summed E-state index contributed by atoms with van der Waals surface area (Å²) in [5.74, 6) is -0.821. The van der Waals surface area contributed by atoms with Crippen molar-refractivity contribution in [2.24, 2.45) is 5.92 Å². The molecule has 0 atom stereocenters. The van der Waals surface area contributed by atoms with E-state index in [1.165, 1.54) is 28.0 Å². The molecule has 0 N–H and O–H groups in total. The van der Waals surface area contributed by atoms with Crippen molar-refractivity contribution in [1.82, 2.24) is 9.29 Å². The van der Waals surface area contributed by atoms with Crippen LogP contribution >= 0.6 is 11.3 Å². The van der Waals surface area contributed by atoms with Gasteiger partial charge in [0.15, 0.2) is 5.13 Å². The first kappa shape index (κ1) is 20.9. The third-order valence-electron chi connectivity index (χ3n) is 5.31. The van der Waals surface area contributed by atoms with Gasteiger partial charge in [0.1, 0.15) is 11.3 Å². The van der Waals surface area contributed by atoms with Gasteiger partial charge in [-0.1, -0.05) is 47.7 Å². The van der Waals surface area contributed by atoms with Crippen molar-refractivity contribution in [3.63, 3.8) is 0 Å². The molecule has 0 saturated carbocycles. The van der Waals surface area contributed by atoms with Crippen LogP contribution in [0.1, 0.15) is 18.4 Å². The molecular weight excluding hydrogens is 425 g/mol. The zero-order valence-corrected chi connectivity index (χ0v) is 18.1. The fourth-order valence-electron chi connectivity index (χ4n) is 3.68. The summed E-state index contributed by atoms with van der Waals surface area (Å²) in [7, 11) is -3.26. The minimum Gasteiger partial charge on any atom is -0.283 e. The lowest BCUT2D eigenvalue weighted by atomic mass is 9.96. The van der Waals surface area contributed by atoms with Crippen molar-refractivity contribution in [1.29, 1.82) is 0 Å².